The first-order valence-corrected chi connectivity index (χ1v) is 23.7. The molecule has 0 aliphatic carbocycles. The van der Waals surface area contributed by atoms with Gasteiger partial charge in [-0.15, -0.1) is 0 Å². The fourth-order valence-corrected chi connectivity index (χ4v) is 5.86. The number of hydrogen-bond donors (Lipinski definition) is 0. The molecule has 336 valence electrons. The van der Waals surface area contributed by atoms with E-state index in [1.807, 2.05) is 72.9 Å². The zero-order chi connectivity index (χ0) is 43.7. The zero-order valence-corrected chi connectivity index (χ0v) is 38.2. The van der Waals surface area contributed by atoms with Crippen molar-refractivity contribution in [1.29, 1.82) is 0 Å². The van der Waals surface area contributed by atoms with Crippen LogP contribution in [-0.2, 0) is 28.6 Å². The van der Waals surface area contributed by atoms with Crippen LogP contribution < -0.4 is 0 Å². The van der Waals surface area contributed by atoms with Crippen LogP contribution in [0.25, 0.3) is 0 Å². The number of carbonyl (C=O) groups excluding carboxylic acids is 3. The summed E-state index contributed by atoms with van der Waals surface area (Å²) in [4.78, 5) is 37.8. The average Bonchev–Trinajstić information content (AvgIpc) is 3.24. The van der Waals surface area contributed by atoms with Gasteiger partial charge < -0.3 is 14.2 Å². The number of rotatable bonds is 40. The van der Waals surface area contributed by atoms with Crippen LogP contribution in [0.2, 0.25) is 0 Å². The molecule has 1 atom stereocenters. The highest BCUT2D eigenvalue weighted by Crippen LogP contribution is 2.11. The third-order valence-corrected chi connectivity index (χ3v) is 9.40. The average molecular weight is 829 g/mol. The number of allylic oxidation sites excluding steroid dienone is 20. The fourth-order valence-electron chi connectivity index (χ4n) is 5.86. The van der Waals surface area contributed by atoms with Crippen molar-refractivity contribution in [2.45, 2.75) is 187 Å². The van der Waals surface area contributed by atoms with E-state index < -0.39 is 6.10 Å². The van der Waals surface area contributed by atoms with Crippen LogP contribution in [0.4, 0.5) is 0 Å². The highest BCUT2D eigenvalue weighted by atomic mass is 16.6. The second-order valence-corrected chi connectivity index (χ2v) is 15.1. The molecule has 0 fully saturated rings. The summed E-state index contributed by atoms with van der Waals surface area (Å²) in [5.74, 6) is -1.04. The van der Waals surface area contributed by atoms with Gasteiger partial charge in [-0.1, -0.05) is 200 Å². The molecule has 0 aromatic rings. The lowest BCUT2D eigenvalue weighted by Crippen LogP contribution is -2.30. The largest absolute Gasteiger partial charge is 0.462 e. The molecule has 0 radical (unpaired) electrons. The van der Waals surface area contributed by atoms with Gasteiger partial charge in [0.05, 0.1) is 0 Å². The van der Waals surface area contributed by atoms with Gasteiger partial charge in [0.2, 0.25) is 0 Å². The molecule has 0 aromatic heterocycles. The summed E-state index contributed by atoms with van der Waals surface area (Å²) in [5.41, 5.74) is 0. The third kappa shape index (κ3) is 44.9. The molecule has 0 aliphatic heterocycles. The molecular formula is C54H84O6. The summed E-state index contributed by atoms with van der Waals surface area (Å²) in [6.07, 6.45) is 64.7. The monoisotopic (exact) mass is 829 g/mol. The van der Waals surface area contributed by atoms with Crippen molar-refractivity contribution in [2.24, 2.45) is 0 Å². The molecule has 6 heteroatoms. The molecule has 0 aromatic carbocycles. The van der Waals surface area contributed by atoms with E-state index in [-0.39, 0.29) is 37.5 Å². The Labute approximate surface area is 367 Å². The molecule has 6 nitrogen and oxygen atoms in total. The minimum atomic E-state index is -0.827. The minimum Gasteiger partial charge on any atom is -0.462 e. The van der Waals surface area contributed by atoms with E-state index in [2.05, 4.69) is 69.4 Å². The number of esters is 3. The number of carbonyl (C=O) groups is 3. The van der Waals surface area contributed by atoms with Crippen molar-refractivity contribution in [3.8, 4) is 0 Å². The summed E-state index contributed by atoms with van der Waals surface area (Å²) in [7, 11) is 0. The molecule has 1 unspecified atom stereocenters. The minimum absolute atomic E-state index is 0.125. The fraction of sp³-hybridized carbons (Fsp3) is 0.574. The van der Waals surface area contributed by atoms with Crippen molar-refractivity contribution in [1.82, 2.24) is 0 Å². The Kier molecular flexibility index (Phi) is 44.2. The topological polar surface area (TPSA) is 78.9 Å². The van der Waals surface area contributed by atoms with Crippen molar-refractivity contribution >= 4 is 17.9 Å². The van der Waals surface area contributed by atoms with E-state index in [4.69, 9.17) is 14.2 Å². The van der Waals surface area contributed by atoms with E-state index >= 15 is 0 Å². The van der Waals surface area contributed by atoms with Gasteiger partial charge in [0.15, 0.2) is 6.10 Å². The Balaban J connectivity index is 4.57. The van der Waals surface area contributed by atoms with Crippen molar-refractivity contribution in [3.63, 3.8) is 0 Å². The number of hydrogen-bond acceptors (Lipinski definition) is 6. The first kappa shape index (κ1) is 55.8. The lowest BCUT2D eigenvalue weighted by molar-refractivity contribution is -0.167. The van der Waals surface area contributed by atoms with E-state index in [9.17, 15) is 14.4 Å². The molecular weight excluding hydrogens is 745 g/mol. The lowest BCUT2D eigenvalue weighted by atomic mass is 10.1. The number of ether oxygens (including phenoxy) is 3. The maximum atomic E-state index is 12.7. The molecule has 0 N–H and O–H groups in total. The Hall–Kier alpha value is -4.19. The Morgan fingerprint density at radius 1 is 0.350 bits per heavy atom. The van der Waals surface area contributed by atoms with Crippen molar-refractivity contribution < 1.29 is 28.6 Å². The Bertz CT molecular complexity index is 1320. The standard InChI is InChI=1S/C54H84O6/c1-4-7-10-13-16-19-22-25-26-27-30-32-35-38-41-44-47-53(56)59-50-51(60-54(57)48-45-42-39-36-33-29-24-21-18-15-12-9-6-3)49-58-52(55)46-43-40-37-34-31-28-23-20-17-14-11-8-5-2/h8-9,11-12,14-15,17-18,20-21,23-24,26-33,51H,4-7,10,13,16,19,22,25,34-50H2,1-3H3/b11-8+,12-9+,17-14+,18-15+,23-20+,24-21+,27-26+,31-28+,32-30+,33-29+. The normalized spacial score (nSPS) is 13.2. The van der Waals surface area contributed by atoms with Crippen molar-refractivity contribution in [2.75, 3.05) is 13.2 Å². The summed E-state index contributed by atoms with van der Waals surface area (Å²) in [6.45, 7) is 6.22. The highest BCUT2D eigenvalue weighted by molar-refractivity contribution is 5.71. The van der Waals surface area contributed by atoms with Gasteiger partial charge >= 0.3 is 17.9 Å². The van der Waals surface area contributed by atoms with Crippen LogP contribution in [0.15, 0.2) is 122 Å². The van der Waals surface area contributed by atoms with Crippen LogP contribution in [0.5, 0.6) is 0 Å². The highest BCUT2D eigenvalue weighted by Gasteiger charge is 2.19. The quantitative estimate of drug-likeness (QED) is 0.0265. The third-order valence-electron chi connectivity index (χ3n) is 9.40. The predicted octanol–water partition coefficient (Wildman–Crippen LogP) is 15.4. The van der Waals surface area contributed by atoms with Gasteiger partial charge in [-0.3, -0.25) is 14.4 Å². The van der Waals surface area contributed by atoms with E-state index in [1.165, 1.54) is 44.9 Å². The van der Waals surface area contributed by atoms with Crippen LogP contribution in [0, 0.1) is 0 Å². The van der Waals surface area contributed by atoms with Gasteiger partial charge in [0.25, 0.3) is 0 Å². The molecule has 0 heterocycles. The zero-order valence-electron chi connectivity index (χ0n) is 38.2. The second kappa shape index (κ2) is 47.5. The molecule has 0 bridgehead atoms. The summed E-state index contributed by atoms with van der Waals surface area (Å²) in [6, 6.07) is 0. The molecule has 60 heavy (non-hydrogen) atoms. The summed E-state index contributed by atoms with van der Waals surface area (Å²) >= 11 is 0. The molecule has 0 aliphatic rings. The second-order valence-electron chi connectivity index (χ2n) is 15.1. The van der Waals surface area contributed by atoms with Gasteiger partial charge in [0, 0.05) is 19.3 Å². The molecule has 0 spiro atoms. The maximum Gasteiger partial charge on any atom is 0.306 e. The van der Waals surface area contributed by atoms with Gasteiger partial charge in [0.1, 0.15) is 13.2 Å². The smallest absolute Gasteiger partial charge is 0.306 e. The first-order valence-electron chi connectivity index (χ1n) is 23.7. The van der Waals surface area contributed by atoms with E-state index in [1.54, 1.807) is 0 Å². The molecule has 0 saturated carbocycles. The summed E-state index contributed by atoms with van der Waals surface area (Å²) in [5, 5.41) is 0. The van der Waals surface area contributed by atoms with Gasteiger partial charge in [-0.2, -0.15) is 0 Å². The molecule has 0 amide bonds. The van der Waals surface area contributed by atoms with E-state index in [0.29, 0.717) is 19.3 Å². The first-order chi connectivity index (χ1) is 29.5. The van der Waals surface area contributed by atoms with Crippen molar-refractivity contribution in [3.05, 3.63) is 122 Å². The SMILES string of the molecule is CC/C=C/C=C/C=C/C=C/CCCCCC(=O)OCC(COC(=O)CCCCC/C=C/C=C/CCCCCCCCC)OC(=O)CCCCC/C=C/C=C/C=C/C=C/CC. The van der Waals surface area contributed by atoms with Crippen LogP contribution in [0.3, 0.4) is 0 Å². The molecule has 0 rings (SSSR count). The van der Waals surface area contributed by atoms with E-state index in [0.717, 1.165) is 89.9 Å². The Morgan fingerprint density at radius 3 is 1.03 bits per heavy atom. The maximum absolute atomic E-state index is 12.7. The lowest BCUT2D eigenvalue weighted by Gasteiger charge is -2.18. The van der Waals surface area contributed by atoms with Crippen LogP contribution in [0.1, 0.15) is 181 Å². The van der Waals surface area contributed by atoms with Crippen LogP contribution >= 0.6 is 0 Å². The van der Waals surface area contributed by atoms with Gasteiger partial charge in [-0.25, -0.2) is 0 Å². The van der Waals surface area contributed by atoms with Crippen LogP contribution in [-0.4, -0.2) is 37.2 Å². The predicted molar refractivity (Wildman–Crippen MR) is 256 cm³/mol. The number of unbranched alkanes of at least 4 members (excludes halogenated alkanes) is 16. The Morgan fingerprint density at radius 2 is 0.650 bits per heavy atom. The summed E-state index contributed by atoms with van der Waals surface area (Å²) < 4.78 is 16.6. The molecule has 0 saturated heterocycles. The van der Waals surface area contributed by atoms with Gasteiger partial charge in [-0.05, 0) is 83.5 Å².